The minimum absolute atomic E-state index is 0.0472. The summed E-state index contributed by atoms with van der Waals surface area (Å²) in [7, 11) is -0.942. The van der Waals surface area contributed by atoms with Crippen LogP contribution in [0.15, 0.2) is 91.0 Å². The summed E-state index contributed by atoms with van der Waals surface area (Å²) in [6, 6.07) is 29.6. The lowest BCUT2D eigenvalue weighted by atomic mass is 9.82. The molecule has 5 heterocycles. The van der Waals surface area contributed by atoms with E-state index in [1.54, 1.807) is 16.9 Å². The van der Waals surface area contributed by atoms with Gasteiger partial charge in [-0.05, 0) is 84.0 Å². The Balaban J connectivity index is 1.12. The van der Waals surface area contributed by atoms with Crippen LogP contribution >= 0.6 is 0 Å². The van der Waals surface area contributed by atoms with Gasteiger partial charge in [0.25, 0.3) is 5.91 Å². The van der Waals surface area contributed by atoms with Crippen molar-refractivity contribution in [3.63, 3.8) is 0 Å². The summed E-state index contributed by atoms with van der Waals surface area (Å²) in [6.07, 6.45) is 2.61. The molecule has 11 nitrogen and oxygen atoms in total. The van der Waals surface area contributed by atoms with Gasteiger partial charge in [-0.15, -0.1) is 0 Å². The molecule has 4 amide bonds. The van der Waals surface area contributed by atoms with Crippen molar-refractivity contribution in [3.05, 3.63) is 113 Å². The van der Waals surface area contributed by atoms with Gasteiger partial charge < -0.3 is 34.2 Å². The van der Waals surface area contributed by atoms with Crippen molar-refractivity contribution in [2.75, 3.05) is 41.5 Å². The molecule has 0 saturated carbocycles. The van der Waals surface area contributed by atoms with E-state index in [1.165, 1.54) is 0 Å². The summed E-state index contributed by atoms with van der Waals surface area (Å²) in [4.78, 5) is 63.2. The summed E-state index contributed by atoms with van der Waals surface area (Å²) in [5.41, 5.74) is 4.51. The predicted octanol–water partition coefficient (Wildman–Crippen LogP) is 6.05. The number of hydrogen-bond donors (Lipinski definition) is 1. The van der Waals surface area contributed by atoms with Crippen molar-refractivity contribution in [2.45, 2.75) is 94.9 Å². The van der Waals surface area contributed by atoms with Crippen LogP contribution in [0.1, 0.15) is 61.3 Å². The minimum atomic E-state index is -2.59. The Morgan fingerprint density at radius 2 is 1.52 bits per heavy atom. The highest BCUT2D eigenvalue weighted by Crippen LogP contribution is 2.61. The van der Waals surface area contributed by atoms with Crippen molar-refractivity contribution < 1.29 is 33.8 Å². The van der Waals surface area contributed by atoms with E-state index in [4.69, 9.17) is 9.47 Å². The van der Waals surface area contributed by atoms with Crippen molar-refractivity contribution in [1.82, 2.24) is 4.90 Å². The van der Waals surface area contributed by atoms with E-state index in [1.807, 2.05) is 82.6 Å². The number of nitrogens with zero attached hydrogens (tertiary/aromatic N) is 4. The molecule has 12 heteroatoms. The van der Waals surface area contributed by atoms with Gasteiger partial charge in [-0.3, -0.25) is 19.2 Å². The lowest BCUT2D eigenvalue weighted by Crippen LogP contribution is -2.52. The second kappa shape index (κ2) is 15.6. The zero-order chi connectivity index (χ0) is 41.9. The van der Waals surface area contributed by atoms with E-state index >= 15 is 4.79 Å². The van der Waals surface area contributed by atoms with Crippen molar-refractivity contribution in [2.24, 2.45) is 5.92 Å². The number of fused-ring (bicyclic) bond motifs is 3. The maximum absolute atomic E-state index is 15.6. The highest BCUT2D eigenvalue weighted by atomic mass is 28.3. The Morgan fingerprint density at radius 3 is 2.15 bits per heavy atom. The van der Waals surface area contributed by atoms with Crippen LogP contribution in [0.3, 0.4) is 0 Å². The Morgan fingerprint density at radius 1 is 0.867 bits per heavy atom. The molecule has 0 aromatic heterocycles. The third kappa shape index (κ3) is 6.63. The molecule has 1 N–H and O–H groups in total. The van der Waals surface area contributed by atoms with Crippen LogP contribution in [-0.2, 0) is 49.0 Å². The maximum atomic E-state index is 15.6. The lowest BCUT2D eigenvalue weighted by molar-refractivity contribution is -0.151. The van der Waals surface area contributed by atoms with Gasteiger partial charge in [0.15, 0.2) is 5.60 Å². The Kier molecular flexibility index (Phi) is 10.4. The number of methoxy groups -OCH3 is 1. The van der Waals surface area contributed by atoms with Gasteiger partial charge in [0.1, 0.15) is 5.75 Å². The van der Waals surface area contributed by atoms with Gasteiger partial charge in [0.05, 0.1) is 52.6 Å². The Bertz CT molecular complexity index is 2330. The molecule has 0 radical (unpaired) electrons. The maximum Gasteiger partial charge on any atom is 0.264 e. The van der Waals surface area contributed by atoms with Gasteiger partial charge in [-0.25, -0.2) is 0 Å². The van der Waals surface area contributed by atoms with Crippen LogP contribution < -0.4 is 24.6 Å². The Labute approximate surface area is 352 Å². The van der Waals surface area contributed by atoms with Crippen LogP contribution in [0, 0.1) is 5.92 Å². The molecule has 4 aromatic carbocycles. The van der Waals surface area contributed by atoms with Crippen LogP contribution in [0.2, 0.25) is 18.6 Å². The minimum Gasteiger partial charge on any atom is -0.497 e. The number of benzene rings is 4. The first-order chi connectivity index (χ1) is 28.9. The molecule has 5 aliphatic rings. The number of hydrogen-bond acceptors (Lipinski definition) is 7. The first-order valence-corrected chi connectivity index (χ1v) is 24.5. The number of carbonyl (C=O) groups excluding carboxylic acids is 4. The van der Waals surface area contributed by atoms with E-state index in [2.05, 4.69) is 38.2 Å². The SMILES string of the molecule is COc1ccc([Si](C)(C)[C@@H]2[C@@H](CC(=O)N3Cc4ccccc4C[C@H]3CO)O[C@]3(C(=O)N(Cc4ccc(N5CCCC5=O)cc4)c4ccc(N5CCCC5=O)cc43)[C@H]2C)cc1. The molecule has 9 rings (SSSR count). The summed E-state index contributed by atoms with van der Waals surface area (Å²) < 4.78 is 12.9. The average Bonchev–Trinajstić information content (AvgIpc) is 4.02. The molecule has 1 spiro atoms. The lowest BCUT2D eigenvalue weighted by Gasteiger charge is -2.39. The molecule has 312 valence electrons. The number of aliphatic hydroxyl groups is 1. The highest BCUT2D eigenvalue weighted by molar-refractivity contribution is 6.91. The van der Waals surface area contributed by atoms with Gasteiger partial charge in [0, 0.05) is 55.3 Å². The van der Waals surface area contributed by atoms with Crippen molar-refractivity contribution >= 4 is 54.0 Å². The van der Waals surface area contributed by atoms with Crippen molar-refractivity contribution in [3.8, 4) is 5.75 Å². The zero-order valence-corrected chi connectivity index (χ0v) is 35.9. The number of ether oxygens (including phenoxy) is 2. The van der Waals surface area contributed by atoms with Gasteiger partial charge in [0.2, 0.25) is 17.7 Å². The van der Waals surface area contributed by atoms with Crippen LogP contribution in [0.4, 0.5) is 17.1 Å². The molecule has 0 unspecified atom stereocenters. The number of anilines is 3. The van der Waals surface area contributed by atoms with Crippen molar-refractivity contribution in [1.29, 1.82) is 0 Å². The van der Waals surface area contributed by atoms with Crippen LogP contribution in [0.25, 0.3) is 0 Å². The fourth-order valence-corrected chi connectivity index (χ4v) is 15.0. The molecule has 3 saturated heterocycles. The number of aliphatic hydroxyl groups excluding tert-OH is 1. The van der Waals surface area contributed by atoms with E-state index in [-0.39, 0.29) is 60.7 Å². The summed E-state index contributed by atoms with van der Waals surface area (Å²) in [5, 5.41) is 11.7. The molecule has 60 heavy (non-hydrogen) atoms. The fraction of sp³-hybridized carbons (Fsp3) is 0.417. The summed E-state index contributed by atoms with van der Waals surface area (Å²) >= 11 is 0. The van der Waals surface area contributed by atoms with Crippen LogP contribution in [-0.4, -0.2) is 80.7 Å². The zero-order valence-electron chi connectivity index (χ0n) is 34.9. The van der Waals surface area contributed by atoms with Gasteiger partial charge >= 0.3 is 0 Å². The third-order valence-corrected chi connectivity index (χ3v) is 18.5. The third-order valence-electron chi connectivity index (χ3n) is 14.1. The number of amides is 4. The van der Waals surface area contributed by atoms with E-state index in [9.17, 15) is 19.5 Å². The monoisotopic (exact) mass is 826 g/mol. The smallest absolute Gasteiger partial charge is 0.264 e. The largest absolute Gasteiger partial charge is 0.497 e. The van der Waals surface area contributed by atoms with E-state index < -0.39 is 19.8 Å². The van der Waals surface area contributed by atoms with Gasteiger partial charge in [-0.1, -0.05) is 73.7 Å². The average molecular weight is 827 g/mol. The quantitative estimate of drug-likeness (QED) is 0.194. The second-order valence-corrected chi connectivity index (χ2v) is 22.4. The molecule has 0 bridgehead atoms. The first-order valence-electron chi connectivity index (χ1n) is 21.4. The molecular formula is C48H54N4O7Si. The first kappa shape index (κ1) is 40.1. The predicted molar refractivity (Wildman–Crippen MR) is 233 cm³/mol. The molecule has 5 atom stereocenters. The number of carbonyl (C=O) groups is 4. The summed E-state index contributed by atoms with van der Waals surface area (Å²) in [6.45, 7) is 8.53. The highest BCUT2D eigenvalue weighted by Gasteiger charge is 2.66. The normalized spacial score (nSPS) is 25.1. The van der Waals surface area contributed by atoms with E-state index in [0.29, 0.717) is 38.9 Å². The molecule has 3 fully saturated rings. The Hall–Kier alpha value is -5.30. The molecule has 5 aliphatic heterocycles. The number of rotatable bonds is 10. The van der Waals surface area contributed by atoms with Gasteiger partial charge in [-0.2, -0.15) is 0 Å². The fourth-order valence-electron chi connectivity index (χ4n) is 11.0. The van der Waals surface area contributed by atoms with E-state index in [0.717, 1.165) is 63.1 Å². The molecular weight excluding hydrogens is 773 g/mol. The standard InChI is InChI=1S/C48H54N4O7Si/c1-31-46(60(3,4)39-20-18-38(58-2)19-21-39)42(27-45(56)51-29-34-10-6-5-9-33(34)25-37(51)30-53)59-48(31)40-26-36(50-24-8-12-44(50)55)17-22-41(40)52(47(48)57)28-32-13-15-35(16-14-32)49-23-7-11-43(49)54/h5-6,9-10,13-22,26,31,37,42,46,53H,7-8,11-12,23-25,27-30H2,1-4H3/t31-,37-,42+,46-,48+/m0/s1. The molecule has 0 aliphatic carbocycles. The van der Waals surface area contributed by atoms with Crippen LogP contribution in [0.5, 0.6) is 5.75 Å². The molecule has 4 aromatic rings. The second-order valence-electron chi connectivity index (χ2n) is 17.7. The summed E-state index contributed by atoms with van der Waals surface area (Å²) in [5.74, 6) is 0.263. The topological polar surface area (TPSA) is 120 Å².